The zero-order valence-corrected chi connectivity index (χ0v) is 11.5. The van der Waals surface area contributed by atoms with Crippen LogP contribution in [-0.2, 0) is 6.54 Å². The predicted molar refractivity (Wildman–Crippen MR) is 75.7 cm³/mol. The second kappa shape index (κ2) is 8.70. The molecule has 0 aliphatic heterocycles. The van der Waals surface area contributed by atoms with Crippen molar-refractivity contribution in [2.45, 2.75) is 33.2 Å². The predicted octanol–water partition coefficient (Wildman–Crippen LogP) is 3.17. The molecule has 0 aromatic carbocycles. The van der Waals surface area contributed by atoms with Crippen molar-refractivity contribution < 1.29 is 4.74 Å². The fourth-order valence-electron chi connectivity index (χ4n) is 1.55. The lowest BCUT2D eigenvalue weighted by atomic mass is 10.2. The average molecular weight is 248 g/mol. The molecule has 0 spiro atoms. The SMILES string of the molecule is C=CCCCOc1ccnc(CNCC(C)C)c1. The van der Waals surface area contributed by atoms with Crippen molar-refractivity contribution >= 4 is 0 Å². The standard InChI is InChI=1S/C15H24N2O/c1-4-5-6-9-18-15-7-8-17-14(10-15)12-16-11-13(2)3/h4,7-8,10,13,16H,1,5-6,9,11-12H2,2-3H3. The van der Waals surface area contributed by atoms with Gasteiger partial charge >= 0.3 is 0 Å². The molecule has 1 heterocycles. The van der Waals surface area contributed by atoms with Gasteiger partial charge in [0.05, 0.1) is 12.3 Å². The molecule has 0 saturated heterocycles. The Labute approximate surface area is 110 Å². The number of hydrogen-bond donors (Lipinski definition) is 1. The van der Waals surface area contributed by atoms with Crippen LogP contribution in [0.1, 0.15) is 32.4 Å². The maximum Gasteiger partial charge on any atom is 0.122 e. The molecule has 0 aliphatic rings. The third kappa shape index (κ3) is 6.40. The average Bonchev–Trinajstić information content (AvgIpc) is 2.35. The van der Waals surface area contributed by atoms with Crippen LogP contribution >= 0.6 is 0 Å². The maximum absolute atomic E-state index is 5.66. The number of unbranched alkanes of at least 4 members (excludes halogenated alkanes) is 1. The van der Waals surface area contributed by atoms with Crippen molar-refractivity contribution in [1.82, 2.24) is 10.3 Å². The van der Waals surface area contributed by atoms with Gasteiger partial charge in [0.15, 0.2) is 0 Å². The smallest absolute Gasteiger partial charge is 0.122 e. The van der Waals surface area contributed by atoms with Crippen LogP contribution in [0, 0.1) is 5.92 Å². The second-order valence-corrected chi connectivity index (χ2v) is 4.79. The van der Waals surface area contributed by atoms with E-state index >= 15 is 0 Å². The third-order valence-corrected chi connectivity index (χ3v) is 2.47. The van der Waals surface area contributed by atoms with Gasteiger partial charge < -0.3 is 10.1 Å². The Hall–Kier alpha value is -1.35. The van der Waals surface area contributed by atoms with E-state index in [9.17, 15) is 0 Å². The van der Waals surface area contributed by atoms with Crippen LogP contribution in [0.3, 0.4) is 0 Å². The van der Waals surface area contributed by atoms with E-state index in [0.717, 1.165) is 44.0 Å². The van der Waals surface area contributed by atoms with Crippen LogP contribution in [0.5, 0.6) is 5.75 Å². The van der Waals surface area contributed by atoms with E-state index in [1.54, 1.807) is 6.20 Å². The molecule has 0 unspecified atom stereocenters. The molecule has 0 saturated carbocycles. The Morgan fingerprint density at radius 1 is 1.50 bits per heavy atom. The molecule has 1 aromatic rings. The summed E-state index contributed by atoms with van der Waals surface area (Å²) in [4.78, 5) is 4.32. The molecule has 0 amide bonds. The molecule has 0 radical (unpaired) electrons. The first-order chi connectivity index (χ1) is 8.72. The molecule has 1 aromatic heterocycles. The zero-order valence-electron chi connectivity index (χ0n) is 11.5. The number of rotatable bonds is 9. The van der Waals surface area contributed by atoms with Gasteiger partial charge in [0.1, 0.15) is 5.75 Å². The Balaban J connectivity index is 2.34. The summed E-state index contributed by atoms with van der Waals surface area (Å²) in [7, 11) is 0. The number of nitrogens with one attached hydrogen (secondary N) is 1. The Morgan fingerprint density at radius 2 is 2.33 bits per heavy atom. The maximum atomic E-state index is 5.66. The van der Waals surface area contributed by atoms with Crippen molar-refractivity contribution in [1.29, 1.82) is 0 Å². The highest BCUT2D eigenvalue weighted by molar-refractivity contribution is 5.22. The van der Waals surface area contributed by atoms with Gasteiger partial charge in [-0.2, -0.15) is 0 Å². The topological polar surface area (TPSA) is 34.1 Å². The molecule has 0 aliphatic carbocycles. The summed E-state index contributed by atoms with van der Waals surface area (Å²) >= 11 is 0. The molecule has 0 fully saturated rings. The summed E-state index contributed by atoms with van der Waals surface area (Å²) in [6, 6.07) is 3.90. The number of hydrogen-bond acceptors (Lipinski definition) is 3. The van der Waals surface area contributed by atoms with Gasteiger partial charge in [-0.15, -0.1) is 6.58 Å². The highest BCUT2D eigenvalue weighted by atomic mass is 16.5. The first-order valence-corrected chi connectivity index (χ1v) is 6.61. The summed E-state index contributed by atoms with van der Waals surface area (Å²) in [6.45, 7) is 10.6. The number of allylic oxidation sites excluding steroid dienone is 1. The van der Waals surface area contributed by atoms with Crippen LogP contribution in [0.25, 0.3) is 0 Å². The molecule has 0 atom stereocenters. The Bertz CT molecular complexity index is 350. The van der Waals surface area contributed by atoms with Crippen molar-refractivity contribution in [2.24, 2.45) is 5.92 Å². The lowest BCUT2D eigenvalue weighted by molar-refractivity contribution is 0.311. The summed E-state index contributed by atoms with van der Waals surface area (Å²) in [5, 5.41) is 3.37. The van der Waals surface area contributed by atoms with Crippen molar-refractivity contribution in [3.63, 3.8) is 0 Å². The Kier molecular flexibility index (Phi) is 7.11. The van der Waals surface area contributed by atoms with Crippen molar-refractivity contribution in [3.8, 4) is 5.75 Å². The number of nitrogens with zero attached hydrogens (tertiary/aromatic N) is 1. The minimum atomic E-state index is 0.656. The largest absolute Gasteiger partial charge is 0.493 e. The number of aromatic nitrogens is 1. The minimum Gasteiger partial charge on any atom is -0.493 e. The van der Waals surface area contributed by atoms with Crippen LogP contribution in [-0.4, -0.2) is 18.1 Å². The van der Waals surface area contributed by atoms with Gasteiger partial charge in [-0.05, 0) is 31.4 Å². The van der Waals surface area contributed by atoms with Crippen LogP contribution in [0.4, 0.5) is 0 Å². The number of ether oxygens (including phenoxy) is 1. The highest BCUT2D eigenvalue weighted by Crippen LogP contribution is 2.11. The van der Waals surface area contributed by atoms with E-state index in [4.69, 9.17) is 4.74 Å². The molecule has 100 valence electrons. The van der Waals surface area contributed by atoms with Crippen molar-refractivity contribution in [3.05, 3.63) is 36.7 Å². The van der Waals surface area contributed by atoms with Gasteiger partial charge in [-0.1, -0.05) is 19.9 Å². The van der Waals surface area contributed by atoms with Crippen LogP contribution in [0.2, 0.25) is 0 Å². The van der Waals surface area contributed by atoms with E-state index in [0.29, 0.717) is 5.92 Å². The van der Waals surface area contributed by atoms with Gasteiger partial charge in [-0.25, -0.2) is 0 Å². The summed E-state index contributed by atoms with van der Waals surface area (Å²) in [5.41, 5.74) is 1.02. The highest BCUT2D eigenvalue weighted by Gasteiger charge is 1.99. The second-order valence-electron chi connectivity index (χ2n) is 4.79. The van der Waals surface area contributed by atoms with Crippen LogP contribution in [0.15, 0.2) is 31.0 Å². The molecule has 3 nitrogen and oxygen atoms in total. The van der Waals surface area contributed by atoms with Gasteiger partial charge in [0.2, 0.25) is 0 Å². The molecule has 0 bridgehead atoms. The summed E-state index contributed by atoms with van der Waals surface area (Å²) in [5.74, 6) is 1.55. The third-order valence-electron chi connectivity index (χ3n) is 2.47. The van der Waals surface area contributed by atoms with Crippen molar-refractivity contribution in [2.75, 3.05) is 13.2 Å². The fraction of sp³-hybridized carbons (Fsp3) is 0.533. The van der Waals surface area contributed by atoms with E-state index < -0.39 is 0 Å². The van der Waals surface area contributed by atoms with Gasteiger partial charge in [0, 0.05) is 18.8 Å². The monoisotopic (exact) mass is 248 g/mol. The quantitative estimate of drug-likeness (QED) is 0.538. The van der Waals surface area contributed by atoms with Gasteiger partial charge in [0.25, 0.3) is 0 Å². The molecule has 1 rings (SSSR count). The minimum absolute atomic E-state index is 0.656. The molecular formula is C15H24N2O. The summed E-state index contributed by atoms with van der Waals surface area (Å²) in [6.07, 6.45) is 5.72. The first-order valence-electron chi connectivity index (χ1n) is 6.61. The normalized spacial score (nSPS) is 10.6. The van der Waals surface area contributed by atoms with E-state index in [1.165, 1.54) is 0 Å². The Morgan fingerprint density at radius 3 is 3.06 bits per heavy atom. The number of pyridine rings is 1. The lowest BCUT2D eigenvalue weighted by Crippen LogP contribution is -2.19. The molecule has 3 heteroatoms. The van der Waals surface area contributed by atoms with Gasteiger partial charge in [-0.3, -0.25) is 4.98 Å². The lowest BCUT2D eigenvalue weighted by Gasteiger charge is -2.09. The van der Waals surface area contributed by atoms with Crippen LogP contribution < -0.4 is 10.1 Å². The molecule has 1 N–H and O–H groups in total. The summed E-state index contributed by atoms with van der Waals surface area (Å²) < 4.78 is 5.66. The molecule has 18 heavy (non-hydrogen) atoms. The molecular weight excluding hydrogens is 224 g/mol. The first kappa shape index (κ1) is 14.7. The van der Waals surface area contributed by atoms with E-state index in [1.807, 2.05) is 18.2 Å². The fourth-order valence-corrected chi connectivity index (χ4v) is 1.55. The van der Waals surface area contributed by atoms with E-state index in [2.05, 4.69) is 30.7 Å². The van der Waals surface area contributed by atoms with E-state index in [-0.39, 0.29) is 0 Å². The zero-order chi connectivity index (χ0) is 13.2.